The molecule has 9 heteroatoms. The van der Waals surface area contributed by atoms with Crippen LogP contribution in [0.2, 0.25) is 5.02 Å². The predicted octanol–water partition coefficient (Wildman–Crippen LogP) is 4.09. The molecule has 0 aliphatic heterocycles. The zero-order valence-electron chi connectivity index (χ0n) is 16.7. The van der Waals surface area contributed by atoms with Crippen LogP contribution >= 0.6 is 11.6 Å². The van der Waals surface area contributed by atoms with E-state index in [-0.39, 0.29) is 23.7 Å². The average molecular weight is 450 g/mol. The Morgan fingerprint density at radius 3 is 2.70 bits per heavy atom. The molecule has 2 atom stereocenters. The minimum Gasteiger partial charge on any atom is -0.461 e. The summed E-state index contributed by atoms with van der Waals surface area (Å²) in [4.78, 5) is 0. The Hall–Kier alpha value is -2.16. The summed E-state index contributed by atoms with van der Waals surface area (Å²) < 4.78 is 38.9. The fraction of sp³-hybridized carbons (Fsp3) is 0.429. The number of halogens is 1. The van der Waals surface area contributed by atoms with Gasteiger partial charge in [0.1, 0.15) is 11.6 Å². The highest BCUT2D eigenvalue weighted by Gasteiger charge is 2.34. The lowest BCUT2D eigenvalue weighted by molar-refractivity contribution is 0.0745. The van der Waals surface area contributed by atoms with E-state index in [1.165, 1.54) is 0 Å². The van der Waals surface area contributed by atoms with Crippen molar-refractivity contribution in [2.24, 2.45) is 0 Å². The van der Waals surface area contributed by atoms with Crippen molar-refractivity contribution in [3.63, 3.8) is 0 Å². The van der Waals surface area contributed by atoms with E-state index in [2.05, 4.69) is 10.2 Å². The van der Waals surface area contributed by atoms with E-state index in [9.17, 15) is 8.42 Å². The summed E-state index contributed by atoms with van der Waals surface area (Å²) in [6.07, 6.45) is 4.77. The molecule has 0 saturated heterocycles. The molecule has 1 aliphatic rings. The number of aromatic nitrogens is 3. The first-order valence-corrected chi connectivity index (χ1v) is 12.1. The van der Waals surface area contributed by atoms with E-state index >= 15 is 0 Å². The molecular formula is C21H24ClN3O4S. The summed E-state index contributed by atoms with van der Waals surface area (Å²) in [5.41, 5.74) is 0.927. The number of nitrogens with zero attached hydrogens (tertiary/aromatic N) is 3. The minimum atomic E-state index is -3.40. The maximum atomic E-state index is 12.9. The van der Waals surface area contributed by atoms with Crippen LogP contribution in [-0.4, -0.2) is 42.1 Å². The van der Waals surface area contributed by atoms with Gasteiger partial charge < -0.3 is 13.7 Å². The van der Waals surface area contributed by atoms with Crippen LogP contribution in [0.25, 0.3) is 11.6 Å². The summed E-state index contributed by atoms with van der Waals surface area (Å²) >= 11 is 5.90. The van der Waals surface area contributed by atoms with E-state index in [0.717, 1.165) is 24.8 Å². The fourth-order valence-corrected chi connectivity index (χ4v) is 5.42. The molecule has 1 saturated carbocycles. The highest BCUT2D eigenvalue weighted by atomic mass is 35.5. The number of ether oxygens (including phenoxy) is 1. The fourth-order valence-electron chi connectivity index (χ4n) is 4.01. The molecule has 2 aromatic heterocycles. The number of benzene rings is 1. The van der Waals surface area contributed by atoms with Crippen LogP contribution in [0, 0.1) is 0 Å². The minimum absolute atomic E-state index is 0.00904. The zero-order chi connectivity index (χ0) is 21.1. The van der Waals surface area contributed by atoms with Gasteiger partial charge in [0.05, 0.1) is 24.2 Å². The molecule has 0 spiro atoms. The van der Waals surface area contributed by atoms with Gasteiger partial charge in [-0.05, 0) is 55.5 Å². The number of aryl methyl sites for hydroxylation is 1. The van der Waals surface area contributed by atoms with Gasteiger partial charge in [0.25, 0.3) is 0 Å². The molecule has 3 aromatic rings. The summed E-state index contributed by atoms with van der Waals surface area (Å²) in [6, 6.07) is 10.8. The predicted molar refractivity (Wildman–Crippen MR) is 114 cm³/mol. The lowest BCUT2D eigenvalue weighted by atomic mass is 10.2. The molecule has 1 fully saturated rings. The normalized spacial score (nSPS) is 19.4. The molecule has 4 rings (SSSR count). The van der Waals surface area contributed by atoms with Gasteiger partial charge in [-0.1, -0.05) is 23.7 Å². The van der Waals surface area contributed by atoms with Gasteiger partial charge in [0, 0.05) is 12.1 Å². The van der Waals surface area contributed by atoms with Gasteiger partial charge in [-0.25, -0.2) is 8.42 Å². The van der Waals surface area contributed by atoms with Crippen LogP contribution in [0.15, 0.2) is 47.1 Å². The Bertz CT molecular complexity index is 1080. The Kier molecular flexibility index (Phi) is 6.26. The van der Waals surface area contributed by atoms with E-state index in [1.54, 1.807) is 37.6 Å². The second-order valence-corrected chi connectivity index (χ2v) is 10.1. The Labute approximate surface area is 180 Å². The Morgan fingerprint density at radius 2 is 2.00 bits per heavy atom. The van der Waals surface area contributed by atoms with E-state index < -0.39 is 9.84 Å². The summed E-state index contributed by atoms with van der Waals surface area (Å²) in [6.45, 7) is 0. The van der Waals surface area contributed by atoms with Crippen molar-refractivity contribution in [1.29, 1.82) is 0 Å². The Morgan fingerprint density at radius 1 is 1.20 bits per heavy atom. The first-order valence-electron chi connectivity index (χ1n) is 9.92. The average Bonchev–Trinajstić information content (AvgIpc) is 3.47. The van der Waals surface area contributed by atoms with Crippen molar-refractivity contribution in [2.75, 3.05) is 12.9 Å². The molecule has 0 N–H and O–H groups in total. The first-order chi connectivity index (χ1) is 14.5. The van der Waals surface area contributed by atoms with Gasteiger partial charge in [-0.15, -0.1) is 10.2 Å². The van der Waals surface area contributed by atoms with Crippen LogP contribution in [-0.2, 0) is 26.7 Å². The van der Waals surface area contributed by atoms with Crippen molar-refractivity contribution in [2.45, 2.75) is 43.6 Å². The third kappa shape index (κ3) is 4.61. The molecular weight excluding hydrogens is 426 g/mol. The second kappa shape index (κ2) is 8.91. The smallest absolute Gasteiger partial charge is 0.200 e. The van der Waals surface area contributed by atoms with Crippen LogP contribution < -0.4 is 0 Å². The maximum absolute atomic E-state index is 12.9. The molecule has 2 heterocycles. The summed E-state index contributed by atoms with van der Waals surface area (Å²) in [5.74, 6) is 1.37. The number of methoxy groups -OCH3 is 1. The third-order valence-electron chi connectivity index (χ3n) is 5.52. The van der Waals surface area contributed by atoms with Crippen molar-refractivity contribution in [3.8, 4) is 11.6 Å². The molecule has 1 aromatic carbocycles. The molecule has 7 nitrogen and oxygen atoms in total. The highest BCUT2D eigenvalue weighted by Crippen LogP contribution is 2.36. The molecule has 160 valence electrons. The van der Waals surface area contributed by atoms with E-state index in [0.29, 0.717) is 28.9 Å². The number of hydrogen-bond donors (Lipinski definition) is 0. The van der Waals surface area contributed by atoms with E-state index in [1.807, 2.05) is 16.7 Å². The van der Waals surface area contributed by atoms with Crippen molar-refractivity contribution in [3.05, 3.63) is 59.1 Å². The highest BCUT2D eigenvalue weighted by molar-refractivity contribution is 7.90. The number of furan rings is 1. The molecule has 30 heavy (non-hydrogen) atoms. The molecule has 0 unspecified atom stereocenters. The zero-order valence-corrected chi connectivity index (χ0v) is 18.3. The van der Waals surface area contributed by atoms with Gasteiger partial charge >= 0.3 is 0 Å². The standard InChI is InChI=1S/C21H24ClN3O4S/c1-28-18-5-2-4-17(18)25-20(23-24-21(25)19-6-3-12-29-19)14-30(26,27)13-11-15-7-9-16(22)10-8-15/h3,6-10,12,17-18H,2,4-5,11,13-14H2,1H3/t17-,18-/m0/s1. The second-order valence-electron chi connectivity index (χ2n) is 7.53. The topological polar surface area (TPSA) is 87.2 Å². The van der Waals surface area contributed by atoms with Gasteiger partial charge in [-0.2, -0.15) is 0 Å². The lowest BCUT2D eigenvalue weighted by Crippen LogP contribution is -2.24. The maximum Gasteiger partial charge on any atom is 0.200 e. The van der Waals surface area contributed by atoms with Gasteiger partial charge in [0.15, 0.2) is 21.4 Å². The van der Waals surface area contributed by atoms with Crippen molar-refractivity contribution >= 4 is 21.4 Å². The van der Waals surface area contributed by atoms with Crippen molar-refractivity contribution < 1.29 is 17.6 Å². The quantitative estimate of drug-likeness (QED) is 0.514. The third-order valence-corrected chi connectivity index (χ3v) is 7.30. The lowest BCUT2D eigenvalue weighted by Gasteiger charge is -2.22. The molecule has 0 radical (unpaired) electrons. The SMILES string of the molecule is CO[C@H]1CCC[C@@H]1n1c(CS(=O)(=O)CCc2ccc(Cl)cc2)nnc1-c1ccco1. The number of rotatable bonds is 8. The Balaban J connectivity index is 1.59. The van der Waals surface area contributed by atoms with Crippen LogP contribution in [0.5, 0.6) is 0 Å². The molecule has 0 amide bonds. The van der Waals surface area contributed by atoms with E-state index in [4.69, 9.17) is 20.8 Å². The van der Waals surface area contributed by atoms with Crippen molar-refractivity contribution in [1.82, 2.24) is 14.8 Å². The molecule has 0 bridgehead atoms. The van der Waals surface area contributed by atoms with Crippen LogP contribution in [0.4, 0.5) is 0 Å². The summed E-state index contributed by atoms with van der Waals surface area (Å²) in [5, 5.41) is 9.14. The van der Waals surface area contributed by atoms with Gasteiger partial charge in [0.2, 0.25) is 0 Å². The van der Waals surface area contributed by atoms with Crippen LogP contribution in [0.3, 0.4) is 0 Å². The summed E-state index contributed by atoms with van der Waals surface area (Å²) in [7, 11) is -1.72. The van der Waals surface area contributed by atoms with Crippen LogP contribution in [0.1, 0.15) is 36.7 Å². The number of hydrogen-bond acceptors (Lipinski definition) is 6. The monoisotopic (exact) mass is 449 g/mol. The first kappa shape index (κ1) is 21.1. The van der Waals surface area contributed by atoms with Gasteiger partial charge in [-0.3, -0.25) is 0 Å². The largest absolute Gasteiger partial charge is 0.461 e. The molecule has 1 aliphatic carbocycles. The number of sulfone groups is 1.